The molecule has 78 valence electrons. The summed E-state index contributed by atoms with van der Waals surface area (Å²) in [6, 6.07) is 3.22. The van der Waals surface area contributed by atoms with E-state index in [0.717, 1.165) is 4.90 Å². The van der Waals surface area contributed by atoms with E-state index in [4.69, 9.17) is 4.74 Å². The van der Waals surface area contributed by atoms with Gasteiger partial charge in [-0.15, -0.1) is 0 Å². The summed E-state index contributed by atoms with van der Waals surface area (Å²) in [6.07, 6.45) is 1.52. The maximum atomic E-state index is 11.5. The Hall–Kier alpha value is -1.27. The van der Waals surface area contributed by atoms with Crippen LogP contribution < -0.4 is 4.90 Å². The van der Waals surface area contributed by atoms with Crippen LogP contribution in [-0.4, -0.2) is 30.0 Å². The highest BCUT2D eigenvalue weighted by molar-refractivity contribution is 9.10. The van der Waals surface area contributed by atoms with E-state index in [9.17, 15) is 9.59 Å². The van der Waals surface area contributed by atoms with Gasteiger partial charge in [0.2, 0.25) is 0 Å². The maximum Gasteiger partial charge on any atom is 0.259 e. The van der Waals surface area contributed by atoms with Gasteiger partial charge in [0, 0.05) is 6.20 Å². The van der Waals surface area contributed by atoms with Gasteiger partial charge in [-0.25, -0.2) is 9.88 Å². The highest BCUT2D eigenvalue weighted by Gasteiger charge is 2.28. The minimum Gasteiger partial charge on any atom is -0.362 e. The number of anilines is 1. The monoisotopic (exact) mass is 270 g/mol. The molecule has 0 bridgehead atoms. The Labute approximate surface area is 94.2 Å². The van der Waals surface area contributed by atoms with Crippen LogP contribution in [0.3, 0.4) is 0 Å². The van der Waals surface area contributed by atoms with Crippen LogP contribution in [0.4, 0.5) is 5.69 Å². The first kappa shape index (κ1) is 10.3. The average Bonchev–Trinajstić information content (AvgIpc) is 2.17. The van der Waals surface area contributed by atoms with E-state index in [1.165, 1.54) is 6.20 Å². The highest BCUT2D eigenvalue weighted by Crippen LogP contribution is 2.19. The Balaban J connectivity index is 2.35. The molecule has 0 spiro atoms. The van der Waals surface area contributed by atoms with Crippen molar-refractivity contribution in [2.24, 2.45) is 0 Å². The van der Waals surface area contributed by atoms with Crippen molar-refractivity contribution < 1.29 is 14.3 Å². The molecule has 6 heteroatoms. The summed E-state index contributed by atoms with van der Waals surface area (Å²) < 4.78 is 5.38. The lowest BCUT2D eigenvalue weighted by Gasteiger charge is -2.24. The molecule has 2 heterocycles. The number of aromatic nitrogens is 1. The molecule has 1 aromatic heterocycles. The molecule has 1 aliphatic rings. The molecule has 5 nitrogen and oxygen atoms in total. The quantitative estimate of drug-likeness (QED) is 0.558. The number of hydrogen-bond acceptors (Lipinski definition) is 4. The van der Waals surface area contributed by atoms with Crippen LogP contribution in [0.15, 0.2) is 22.9 Å². The average molecular weight is 271 g/mol. The van der Waals surface area contributed by atoms with Crippen molar-refractivity contribution in [1.29, 1.82) is 0 Å². The normalized spacial score (nSPS) is 17.0. The fourth-order valence-electron chi connectivity index (χ4n) is 1.31. The van der Waals surface area contributed by atoms with Crippen LogP contribution in [0.5, 0.6) is 0 Å². The van der Waals surface area contributed by atoms with Crippen molar-refractivity contribution in [3.05, 3.63) is 22.9 Å². The molecule has 0 radical (unpaired) electrons. The predicted octanol–water partition coefficient (Wildman–Crippen LogP) is 0.734. The van der Waals surface area contributed by atoms with E-state index in [2.05, 4.69) is 20.9 Å². The summed E-state index contributed by atoms with van der Waals surface area (Å²) in [5, 5.41) is 0. The second-order valence-electron chi connectivity index (χ2n) is 2.95. The van der Waals surface area contributed by atoms with E-state index in [-0.39, 0.29) is 25.0 Å². The van der Waals surface area contributed by atoms with Crippen molar-refractivity contribution in [2.45, 2.75) is 0 Å². The van der Waals surface area contributed by atoms with Crippen LogP contribution in [0.1, 0.15) is 0 Å². The zero-order chi connectivity index (χ0) is 10.8. The largest absolute Gasteiger partial charge is 0.362 e. The minimum atomic E-state index is -0.357. The number of morpholine rings is 1. The van der Waals surface area contributed by atoms with Gasteiger partial charge in [0.05, 0.1) is 5.69 Å². The third-order valence-corrected chi connectivity index (χ3v) is 2.35. The van der Waals surface area contributed by atoms with E-state index < -0.39 is 0 Å². The summed E-state index contributed by atoms with van der Waals surface area (Å²) >= 11 is 3.18. The highest BCUT2D eigenvalue weighted by atomic mass is 79.9. The topological polar surface area (TPSA) is 59.5 Å². The molecule has 0 unspecified atom stereocenters. The zero-order valence-electron chi connectivity index (χ0n) is 7.64. The molecule has 2 amide bonds. The minimum absolute atomic E-state index is 0.0638. The van der Waals surface area contributed by atoms with E-state index >= 15 is 0 Å². The third-order valence-electron chi connectivity index (χ3n) is 1.92. The standard InChI is InChI=1S/C9H7BrN2O3/c10-7-3-6(1-2-11-7)12-8(13)4-15-5-9(12)14/h1-3H,4-5H2. The number of imide groups is 1. The first-order valence-electron chi connectivity index (χ1n) is 4.23. The smallest absolute Gasteiger partial charge is 0.259 e. The second kappa shape index (κ2) is 4.08. The van der Waals surface area contributed by atoms with Crippen LogP contribution >= 0.6 is 15.9 Å². The van der Waals surface area contributed by atoms with Gasteiger partial charge in [-0.3, -0.25) is 9.59 Å². The van der Waals surface area contributed by atoms with Crippen molar-refractivity contribution in [3.63, 3.8) is 0 Å². The lowest BCUT2D eigenvalue weighted by molar-refractivity contribution is -0.138. The van der Waals surface area contributed by atoms with Gasteiger partial charge in [0.15, 0.2) is 0 Å². The Kier molecular flexibility index (Phi) is 2.79. The number of halogens is 1. The van der Waals surface area contributed by atoms with E-state index in [1.54, 1.807) is 12.1 Å². The summed E-state index contributed by atoms with van der Waals surface area (Å²) in [5.74, 6) is -0.714. The molecule has 1 saturated heterocycles. The molecular formula is C9H7BrN2O3. The Morgan fingerprint density at radius 1 is 1.33 bits per heavy atom. The lowest BCUT2D eigenvalue weighted by atomic mass is 10.3. The molecule has 0 saturated carbocycles. The van der Waals surface area contributed by atoms with Crippen molar-refractivity contribution in [3.8, 4) is 0 Å². The van der Waals surface area contributed by atoms with Crippen LogP contribution in [0, 0.1) is 0 Å². The number of amides is 2. The fraction of sp³-hybridized carbons (Fsp3) is 0.222. The van der Waals surface area contributed by atoms with Gasteiger partial charge in [0.25, 0.3) is 11.8 Å². The Morgan fingerprint density at radius 3 is 2.60 bits per heavy atom. The summed E-state index contributed by atoms with van der Waals surface area (Å²) in [5.41, 5.74) is 0.509. The predicted molar refractivity (Wildman–Crippen MR) is 55.2 cm³/mol. The third kappa shape index (κ3) is 2.05. The second-order valence-corrected chi connectivity index (χ2v) is 3.76. The number of pyridine rings is 1. The van der Waals surface area contributed by atoms with Gasteiger partial charge < -0.3 is 4.74 Å². The molecule has 15 heavy (non-hydrogen) atoms. The maximum absolute atomic E-state index is 11.5. The van der Waals surface area contributed by atoms with Crippen LogP contribution in [-0.2, 0) is 14.3 Å². The Bertz CT molecular complexity index is 406. The van der Waals surface area contributed by atoms with Gasteiger partial charge in [-0.1, -0.05) is 0 Å². The summed E-state index contributed by atoms with van der Waals surface area (Å²) in [4.78, 5) is 27.9. The number of rotatable bonds is 1. The molecule has 0 aliphatic carbocycles. The molecule has 0 atom stereocenters. The molecule has 1 aliphatic heterocycles. The van der Waals surface area contributed by atoms with Gasteiger partial charge in [0.1, 0.15) is 17.8 Å². The number of carbonyl (C=O) groups excluding carboxylic acids is 2. The number of ether oxygens (including phenoxy) is 1. The lowest BCUT2D eigenvalue weighted by Crippen LogP contribution is -2.46. The zero-order valence-corrected chi connectivity index (χ0v) is 9.23. The molecule has 1 fully saturated rings. The van der Waals surface area contributed by atoms with Crippen LogP contribution in [0.25, 0.3) is 0 Å². The number of carbonyl (C=O) groups is 2. The Morgan fingerprint density at radius 2 is 2.00 bits per heavy atom. The first-order valence-corrected chi connectivity index (χ1v) is 5.03. The molecule has 1 aromatic rings. The number of hydrogen-bond donors (Lipinski definition) is 0. The molecular weight excluding hydrogens is 264 g/mol. The first-order chi connectivity index (χ1) is 7.18. The van der Waals surface area contributed by atoms with E-state index in [1.807, 2.05) is 0 Å². The van der Waals surface area contributed by atoms with Gasteiger partial charge in [-0.2, -0.15) is 0 Å². The summed E-state index contributed by atoms with van der Waals surface area (Å²) in [6.45, 7) is -0.128. The molecule has 0 N–H and O–H groups in total. The number of nitrogens with zero attached hydrogens (tertiary/aromatic N) is 2. The van der Waals surface area contributed by atoms with Gasteiger partial charge >= 0.3 is 0 Å². The van der Waals surface area contributed by atoms with Crippen molar-refractivity contribution in [2.75, 3.05) is 18.1 Å². The molecule has 2 rings (SSSR count). The fourth-order valence-corrected chi connectivity index (χ4v) is 1.67. The van der Waals surface area contributed by atoms with E-state index in [0.29, 0.717) is 10.3 Å². The SMILES string of the molecule is O=C1COCC(=O)N1c1ccnc(Br)c1. The van der Waals surface area contributed by atoms with Crippen molar-refractivity contribution in [1.82, 2.24) is 4.98 Å². The molecule has 0 aromatic carbocycles. The van der Waals surface area contributed by atoms with Crippen molar-refractivity contribution >= 4 is 33.4 Å². The van der Waals surface area contributed by atoms with Gasteiger partial charge in [-0.05, 0) is 28.1 Å². The van der Waals surface area contributed by atoms with Crippen LogP contribution in [0.2, 0.25) is 0 Å². The summed E-state index contributed by atoms with van der Waals surface area (Å²) in [7, 11) is 0.